The van der Waals surface area contributed by atoms with Crippen LogP contribution in [0, 0.1) is 5.92 Å². The third kappa shape index (κ3) is 4.31. The first-order valence-electron chi connectivity index (χ1n) is 6.12. The second-order valence-corrected chi connectivity index (χ2v) is 5.93. The molecule has 0 fully saturated rings. The summed E-state index contributed by atoms with van der Waals surface area (Å²) in [5, 5.41) is 19.6. The maximum Gasteiger partial charge on any atom is 0.315 e. The molecule has 2 atom stereocenters. The second kappa shape index (κ2) is 6.20. The number of nitrogens with one attached hydrogen (secondary N) is 2. The zero-order chi connectivity index (χ0) is 13.8. The average molecular weight is 270 g/mol. The molecule has 3 N–H and O–H groups in total. The molecule has 0 aliphatic heterocycles. The van der Waals surface area contributed by atoms with E-state index in [4.69, 9.17) is 0 Å². The highest BCUT2D eigenvalue weighted by atomic mass is 32.1. The zero-order valence-corrected chi connectivity index (χ0v) is 12.2. The average Bonchev–Trinajstić information content (AvgIpc) is 2.80. The minimum absolute atomic E-state index is 0.107. The Hall–Kier alpha value is -1.07. The van der Waals surface area contributed by atoms with Gasteiger partial charge in [-0.2, -0.15) is 11.3 Å². The normalized spacial score (nSPS) is 16.1. The predicted octanol–water partition coefficient (Wildman–Crippen LogP) is 2.30. The molecule has 102 valence electrons. The van der Waals surface area contributed by atoms with Gasteiger partial charge < -0.3 is 15.7 Å². The number of thiophene rings is 1. The SMILES string of the molecule is CC(C)C(C)NC(=O)NCC(C)(O)c1ccsc1. The van der Waals surface area contributed by atoms with Crippen molar-refractivity contribution in [2.45, 2.75) is 39.3 Å². The third-order valence-electron chi connectivity index (χ3n) is 3.10. The summed E-state index contributed by atoms with van der Waals surface area (Å²) in [6.45, 7) is 7.95. The molecular weight excluding hydrogens is 248 g/mol. The Kier molecular flexibility index (Phi) is 5.16. The Morgan fingerprint density at radius 2 is 2.17 bits per heavy atom. The van der Waals surface area contributed by atoms with Crippen molar-refractivity contribution in [1.29, 1.82) is 0 Å². The van der Waals surface area contributed by atoms with Crippen LogP contribution in [0.2, 0.25) is 0 Å². The molecule has 1 heterocycles. The molecule has 0 saturated carbocycles. The molecule has 4 nitrogen and oxygen atoms in total. The van der Waals surface area contributed by atoms with Gasteiger partial charge in [0, 0.05) is 6.04 Å². The lowest BCUT2D eigenvalue weighted by atomic mass is 9.99. The van der Waals surface area contributed by atoms with Gasteiger partial charge in [0.1, 0.15) is 5.60 Å². The topological polar surface area (TPSA) is 61.4 Å². The zero-order valence-electron chi connectivity index (χ0n) is 11.4. The second-order valence-electron chi connectivity index (χ2n) is 5.15. The quantitative estimate of drug-likeness (QED) is 0.769. The number of urea groups is 1. The lowest BCUT2D eigenvalue weighted by molar-refractivity contribution is 0.0596. The number of aliphatic hydroxyl groups is 1. The largest absolute Gasteiger partial charge is 0.384 e. The summed E-state index contributed by atoms with van der Waals surface area (Å²) in [6.07, 6.45) is 0. The monoisotopic (exact) mass is 270 g/mol. The Balaban J connectivity index is 2.43. The molecule has 1 aromatic rings. The Bertz CT molecular complexity index is 374. The molecule has 2 unspecified atom stereocenters. The van der Waals surface area contributed by atoms with E-state index in [-0.39, 0.29) is 18.6 Å². The van der Waals surface area contributed by atoms with Crippen LogP contribution in [0.1, 0.15) is 33.3 Å². The van der Waals surface area contributed by atoms with E-state index in [0.29, 0.717) is 5.92 Å². The van der Waals surface area contributed by atoms with Crippen LogP contribution in [-0.4, -0.2) is 23.7 Å². The van der Waals surface area contributed by atoms with Gasteiger partial charge in [-0.15, -0.1) is 0 Å². The van der Waals surface area contributed by atoms with Crippen molar-refractivity contribution in [2.24, 2.45) is 5.92 Å². The molecule has 0 bridgehead atoms. The van der Waals surface area contributed by atoms with E-state index in [1.54, 1.807) is 6.92 Å². The van der Waals surface area contributed by atoms with Crippen molar-refractivity contribution in [3.05, 3.63) is 22.4 Å². The molecule has 1 aromatic heterocycles. The number of amides is 2. The maximum atomic E-state index is 11.6. The van der Waals surface area contributed by atoms with Crippen LogP contribution in [0.5, 0.6) is 0 Å². The summed E-state index contributed by atoms with van der Waals surface area (Å²) in [4.78, 5) is 11.6. The Labute approximate surface area is 112 Å². The van der Waals surface area contributed by atoms with Gasteiger partial charge in [-0.05, 0) is 42.2 Å². The predicted molar refractivity (Wildman–Crippen MR) is 74.7 cm³/mol. The molecule has 1 rings (SSSR count). The number of hydrogen-bond donors (Lipinski definition) is 3. The van der Waals surface area contributed by atoms with Gasteiger partial charge in [0.2, 0.25) is 0 Å². The van der Waals surface area contributed by atoms with Crippen molar-refractivity contribution < 1.29 is 9.90 Å². The van der Waals surface area contributed by atoms with E-state index < -0.39 is 5.60 Å². The number of carbonyl (C=O) groups is 1. The molecule has 5 heteroatoms. The van der Waals surface area contributed by atoms with Crippen LogP contribution in [0.4, 0.5) is 4.79 Å². The van der Waals surface area contributed by atoms with E-state index in [1.807, 2.05) is 37.6 Å². The van der Waals surface area contributed by atoms with Gasteiger partial charge in [0.15, 0.2) is 0 Å². The fraction of sp³-hybridized carbons (Fsp3) is 0.615. The summed E-state index contributed by atoms with van der Waals surface area (Å²) in [5.74, 6) is 0.383. The Morgan fingerprint density at radius 1 is 1.50 bits per heavy atom. The van der Waals surface area contributed by atoms with Crippen molar-refractivity contribution in [3.63, 3.8) is 0 Å². The molecule has 0 spiro atoms. The number of rotatable bonds is 5. The lowest BCUT2D eigenvalue weighted by Gasteiger charge is -2.24. The minimum atomic E-state index is -1.03. The van der Waals surface area contributed by atoms with Gasteiger partial charge in [-0.1, -0.05) is 13.8 Å². The smallest absolute Gasteiger partial charge is 0.315 e. The molecule has 18 heavy (non-hydrogen) atoms. The van der Waals surface area contributed by atoms with Crippen LogP contribution in [0.25, 0.3) is 0 Å². The van der Waals surface area contributed by atoms with E-state index in [0.717, 1.165) is 5.56 Å². The van der Waals surface area contributed by atoms with E-state index in [2.05, 4.69) is 10.6 Å². The molecule has 0 aliphatic rings. The van der Waals surface area contributed by atoms with Gasteiger partial charge in [0.25, 0.3) is 0 Å². The summed E-state index contributed by atoms with van der Waals surface area (Å²) >= 11 is 1.53. The summed E-state index contributed by atoms with van der Waals surface area (Å²) in [7, 11) is 0. The molecule has 0 saturated heterocycles. The van der Waals surface area contributed by atoms with Crippen LogP contribution in [0.15, 0.2) is 16.8 Å². The first kappa shape index (κ1) is 15.0. The fourth-order valence-electron chi connectivity index (χ4n) is 1.35. The molecule has 0 aromatic carbocycles. The number of hydrogen-bond acceptors (Lipinski definition) is 3. The van der Waals surface area contributed by atoms with Crippen molar-refractivity contribution in [1.82, 2.24) is 10.6 Å². The molecule has 0 radical (unpaired) electrons. The van der Waals surface area contributed by atoms with Crippen molar-refractivity contribution in [2.75, 3.05) is 6.54 Å². The van der Waals surface area contributed by atoms with Crippen LogP contribution in [0.3, 0.4) is 0 Å². The first-order valence-corrected chi connectivity index (χ1v) is 7.06. The van der Waals surface area contributed by atoms with Crippen LogP contribution < -0.4 is 10.6 Å². The first-order chi connectivity index (χ1) is 8.33. The third-order valence-corrected chi connectivity index (χ3v) is 3.78. The standard InChI is InChI=1S/C13H22N2O2S/c1-9(2)10(3)15-12(16)14-8-13(4,17)11-5-6-18-7-11/h5-7,9-10,17H,8H2,1-4H3,(H2,14,15,16). The van der Waals surface area contributed by atoms with E-state index in [9.17, 15) is 9.90 Å². The highest BCUT2D eigenvalue weighted by Gasteiger charge is 2.24. The molecular formula is C13H22N2O2S. The fourth-order valence-corrected chi connectivity index (χ4v) is 2.13. The van der Waals surface area contributed by atoms with Crippen molar-refractivity contribution >= 4 is 17.4 Å². The van der Waals surface area contributed by atoms with E-state index >= 15 is 0 Å². The lowest BCUT2D eigenvalue weighted by Crippen LogP contribution is -2.47. The van der Waals surface area contributed by atoms with Gasteiger partial charge in [-0.25, -0.2) is 4.79 Å². The highest BCUT2D eigenvalue weighted by Crippen LogP contribution is 2.21. The summed E-state index contributed by atoms with van der Waals surface area (Å²) in [6, 6.07) is 1.73. The number of carbonyl (C=O) groups excluding carboxylic acids is 1. The van der Waals surface area contributed by atoms with Crippen LogP contribution >= 0.6 is 11.3 Å². The van der Waals surface area contributed by atoms with Gasteiger partial charge >= 0.3 is 6.03 Å². The summed E-state index contributed by atoms with van der Waals surface area (Å²) < 4.78 is 0. The molecule has 2 amide bonds. The maximum absolute atomic E-state index is 11.6. The van der Waals surface area contributed by atoms with Crippen molar-refractivity contribution in [3.8, 4) is 0 Å². The molecule has 0 aliphatic carbocycles. The van der Waals surface area contributed by atoms with E-state index in [1.165, 1.54) is 11.3 Å². The highest BCUT2D eigenvalue weighted by molar-refractivity contribution is 7.08. The minimum Gasteiger partial charge on any atom is -0.384 e. The van der Waals surface area contributed by atoms with Gasteiger partial charge in [-0.3, -0.25) is 0 Å². The van der Waals surface area contributed by atoms with Gasteiger partial charge in [0.05, 0.1) is 6.54 Å². The van der Waals surface area contributed by atoms with Crippen LogP contribution in [-0.2, 0) is 5.60 Å². The summed E-state index contributed by atoms with van der Waals surface area (Å²) in [5.41, 5.74) is -0.206. The Morgan fingerprint density at radius 3 is 2.67 bits per heavy atom.